The minimum Gasteiger partial charge on any atom is -0.454 e. The lowest BCUT2D eigenvalue weighted by molar-refractivity contribution is 0.481. The number of ether oxygens (including phenoxy) is 1. The van der Waals surface area contributed by atoms with E-state index < -0.39 is 0 Å². The first-order chi connectivity index (χ1) is 8.20. The van der Waals surface area contributed by atoms with Gasteiger partial charge < -0.3 is 4.74 Å². The van der Waals surface area contributed by atoms with Gasteiger partial charge in [0, 0.05) is 5.02 Å². The number of hydrogen-bond acceptors (Lipinski definition) is 2. The zero-order valence-corrected chi connectivity index (χ0v) is 10.2. The van der Waals surface area contributed by atoms with Crippen molar-refractivity contribution in [2.75, 3.05) is 0 Å². The van der Waals surface area contributed by atoms with Crippen LogP contribution in [-0.2, 0) is 0 Å². The van der Waals surface area contributed by atoms with Gasteiger partial charge in [-0.3, -0.25) is 0 Å². The zero-order valence-electron chi connectivity index (χ0n) is 8.65. The minimum absolute atomic E-state index is 0.373. The first-order valence-corrected chi connectivity index (χ1v) is 5.58. The van der Waals surface area contributed by atoms with Crippen molar-refractivity contribution in [2.24, 2.45) is 0 Å². The second-order valence-electron chi connectivity index (χ2n) is 3.28. The summed E-state index contributed by atoms with van der Waals surface area (Å²) in [6.07, 6.45) is 0. The second kappa shape index (κ2) is 5.09. The topological polar surface area (TPSA) is 33.0 Å². The smallest absolute Gasteiger partial charge is 0.146 e. The van der Waals surface area contributed by atoms with Crippen LogP contribution >= 0.6 is 23.2 Å². The molecule has 2 aromatic rings. The van der Waals surface area contributed by atoms with E-state index in [-0.39, 0.29) is 0 Å². The maximum absolute atomic E-state index is 8.97. The molecule has 0 N–H and O–H groups in total. The molecule has 0 aromatic heterocycles. The predicted molar refractivity (Wildman–Crippen MR) is 67.7 cm³/mol. The zero-order chi connectivity index (χ0) is 12.3. The number of para-hydroxylation sites is 1. The van der Waals surface area contributed by atoms with Gasteiger partial charge in [0.05, 0.1) is 10.6 Å². The lowest BCUT2D eigenvalue weighted by atomic mass is 10.2. The van der Waals surface area contributed by atoms with Crippen LogP contribution in [0.25, 0.3) is 0 Å². The normalized spacial score (nSPS) is 9.71. The largest absolute Gasteiger partial charge is 0.454 e. The average Bonchev–Trinajstić information content (AvgIpc) is 2.34. The van der Waals surface area contributed by atoms with E-state index in [0.717, 1.165) is 0 Å². The van der Waals surface area contributed by atoms with Crippen molar-refractivity contribution in [1.29, 1.82) is 5.26 Å². The molecule has 0 aliphatic carbocycles. The molecule has 0 heterocycles. The summed E-state index contributed by atoms with van der Waals surface area (Å²) in [6, 6.07) is 13.9. The van der Waals surface area contributed by atoms with Crippen LogP contribution in [0.3, 0.4) is 0 Å². The van der Waals surface area contributed by atoms with Crippen molar-refractivity contribution in [1.82, 2.24) is 0 Å². The van der Waals surface area contributed by atoms with Crippen molar-refractivity contribution in [2.45, 2.75) is 0 Å². The third-order valence-electron chi connectivity index (χ3n) is 2.12. The van der Waals surface area contributed by atoms with Gasteiger partial charge in [0.2, 0.25) is 0 Å². The SMILES string of the molecule is N#Cc1cc(Cl)ccc1Oc1ccccc1Cl. The van der Waals surface area contributed by atoms with Gasteiger partial charge in [0.15, 0.2) is 0 Å². The summed E-state index contributed by atoms with van der Waals surface area (Å²) < 4.78 is 5.57. The molecule has 0 aliphatic rings. The Bertz CT molecular complexity index is 590. The summed E-state index contributed by atoms with van der Waals surface area (Å²) in [5.41, 5.74) is 0.373. The Morgan fingerprint density at radius 3 is 2.47 bits per heavy atom. The molecule has 2 aromatic carbocycles. The molecule has 4 heteroatoms. The van der Waals surface area contributed by atoms with E-state index in [0.29, 0.717) is 27.1 Å². The van der Waals surface area contributed by atoms with Crippen molar-refractivity contribution in [3.05, 3.63) is 58.1 Å². The molecule has 17 heavy (non-hydrogen) atoms. The van der Waals surface area contributed by atoms with E-state index in [9.17, 15) is 0 Å². The highest BCUT2D eigenvalue weighted by molar-refractivity contribution is 6.32. The molecule has 0 spiro atoms. The minimum atomic E-state index is 0.373. The van der Waals surface area contributed by atoms with Crippen molar-refractivity contribution < 1.29 is 4.74 Å². The molecule has 0 amide bonds. The van der Waals surface area contributed by atoms with E-state index in [1.165, 1.54) is 0 Å². The summed E-state index contributed by atoms with van der Waals surface area (Å²) in [5, 5.41) is 9.95. The molecule has 0 atom stereocenters. The van der Waals surface area contributed by atoms with E-state index in [1.54, 1.807) is 30.3 Å². The summed E-state index contributed by atoms with van der Waals surface area (Å²) in [6.45, 7) is 0. The molecule has 0 saturated heterocycles. The molecule has 0 radical (unpaired) electrons. The van der Waals surface area contributed by atoms with E-state index in [2.05, 4.69) is 0 Å². The maximum Gasteiger partial charge on any atom is 0.146 e. The number of nitriles is 1. The van der Waals surface area contributed by atoms with Crippen LogP contribution < -0.4 is 4.74 Å². The molecular formula is C13H7Cl2NO. The monoisotopic (exact) mass is 263 g/mol. The number of halogens is 2. The van der Waals surface area contributed by atoms with E-state index in [4.69, 9.17) is 33.2 Å². The van der Waals surface area contributed by atoms with E-state index >= 15 is 0 Å². The molecule has 84 valence electrons. The third kappa shape index (κ3) is 2.71. The molecule has 0 aliphatic heterocycles. The molecule has 0 bridgehead atoms. The Hall–Kier alpha value is -1.69. The lowest BCUT2D eigenvalue weighted by Crippen LogP contribution is -1.88. The van der Waals surface area contributed by atoms with Crippen LogP contribution in [0.15, 0.2) is 42.5 Å². The molecule has 0 unspecified atom stereocenters. The van der Waals surface area contributed by atoms with E-state index in [1.807, 2.05) is 18.2 Å². The van der Waals surface area contributed by atoms with Crippen LogP contribution in [0.1, 0.15) is 5.56 Å². The van der Waals surface area contributed by atoms with Gasteiger partial charge in [0.1, 0.15) is 17.6 Å². The van der Waals surface area contributed by atoms with Crippen LogP contribution in [0, 0.1) is 11.3 Å². The fourth-order valence-corrected chi connectivity index (χ4v) is 1.67. The number of hydrogen-bond donors (Lipinski definition) is 0. The van der Waals surface area contributed by atoms with Crippen LogP contribution in [0.2, 0.25) is 10.0 Å². The Labute approximate surface area is 109 Å². The number of rotatable bonds is 2. The fourth-order valence-electron chi connectivity index (χ4n) is 1.32. The van der Waals surface area contributed by atoms with Gasteiger partial charge in [0.25, 0.3) is 0 Å². The van der Waals surface area contributed by atoms with Gasteiger partial charge in [-0.05, 0) is 30.3 Å². The standard InChI is InChI=1S/C13H7Cl2NO/c14-10-5-6-12(9(7-10)8-16)17-13-4-2-1-3-11(13)15/h1-7H. The molecule has 0 saturated carbocycles. The van der Waals surface area contributed by atoms with Gasteiger partial charge in [-0.1, -0.05) is 35.3 Å². The summed E-state index contributed by atoms with van der Waals surface area (Å²) in [7, 11) is 0. The highest BCUT2D eigenvalue weighted by Crippen LogP contribution is 2.31. The van der Waals surface area contributed by atoms with Crippen molar-refractivity contribution >= 4 is 23.2 Å². The highest BCUT2D eigenvalue weighted by Gasteiger charge is 2.07. The Morgan fingerprint density at radius 1 is 1.00 bits per heavy atom. The quantitative estimate of drug-likeness (QED) is 0.790. The lowest BCUT2D eigenvalue weighted by Gasteiger charge is -2.08. The number of nitrogens with zero attached hydrogens (tertiary/aromatic N) is 1. The van der Waals surface area contributed by atoms with Gasteiger partial charge in [-0.25, -0.2) is 0 Å². The van der Waals surface area contributed by atoms with Gasteiger partial charge >= 0.3 is 0 Å². The molecule has 2 rings (SSSR count). The molecule has 0 fully saturated rings. The third-order valence-corrected chi connectivity index (χ3v) is 2.67. The van der Waals surface area contributed by atoms with Crippen LogP contribution in [-0.4, -0.2) is 0 Å². The first-order valence-electron chi connectivity index (χ1n) is 4.83. The second-order valence-corrected chi connectivity index (χ2v) is 4.13. The predicted octanol–water partition coefficient (Wildman–Crippen LogP) is 4.66. The van der Waals surface area contributed by atoms with Gasteiger partial charge in [-0.2, -0.15) is 5.26 Å². The average molecular weight is 264 g/mol. The maximum atomic E-state index is 8.97. The summed E-state index contributed by atoms with van der Waals surface area (Å²) in [4.78, 5) is 0. The fraction of sp³-hybridized carbons (Fsp3) is 0. The molecular weight excluding hydrogens is 257 g/mol. The summed E-state index contributed by atoms with van der Waals surface area (Å²) >= 11 is 11.8. The van der Waals surface area contributed by atoms with Crippen molar-refractivity contribution in [3.63, 3.8) is 0 Å². The Balaban J connectivity index is 2.37. The molecule has 2 nitrogen and oxygen atoms in total. The van der Waals surface area contributed by atoms with Crippen LogP contribution in [0.5, 0.6) is 11.5 Å². The first kappa shape index (κ1) is 11.8. The Morgan fingerprint density at radius 2 is 1.76 bits per heavy atom. The van der Waals surface area contributed by atoms with Gasteiger partial charge in [-0.15, -0.1) is 0 Å². The van der Waals surface area contributed by atoms with Crippen LogP contribution in [0.4, 0.5) is 0 Å². The number of benzene rings is 2. The highest BCUT2D eigenvalue weighted by atomic mass is 35.5. The Kier molecular flexibility index (Phi) is 3.53. The summed E-state index contributed by atoms with van der Waals surface area (Å²) in [5.74, 6) is 0.943. The van der Waals surface area contributed by atoms with Crippen molar-refractivity contribution in [3.8, 4) is 17.6 Å².